The first-order valence-electron chi connectivity index (χ1n) is 7.79. The molecule has 2 aliphatic rings. The van der Waals surface area contributed by atoms with Crippen molar-refractivity contribution in [2.24, 2.45) is 0 Å². The Bertz CT molecular complexity index is 726. The van der Waals surface area contributed by atoms with E-state index in [-0.39, 0.29) is 5.91 Å². The molecule has 0 unspecified atom stereocenters. The van der Waals surface area contributed by atoms with Crippen LogP contribution in [0.5, 0.6) is 5.75 Å². The molecule has 1 aromatic heterocycles. The van der Waals surface area contributed by atoms with Crippen LogP contribution in [0.15, 0.2) is 28.8 Å². The summed E-state index contributed by atoms with van der Waals surface area (Å²) in [5.74, 6) is 2.37. The van der Waals surface area contributed by atoms with E-state index in [0.717, 1.165) is 24.4 Å². The predicted molar refractivity (Wildman–Crippen MR) is 82.2 cm³/mol. The van der Waals surface area contributed by atoms with Crippen molar-refractivity contribution in [2.45, 2.75) is 31.4 Å². The highest BCUT2D eigenvalue weighted by molar-refractivity contribution is 5.83. The van der Waals surface area contributed by atoms with Crippen LogP contribution in [0, 0.1) is 0 Å². The minimum Gasteiger partial charge on any atom is -0.477 e. The highest BCUT2D eigenvalue weighted by Crippen LogP contribution is 2.38. The van der Waals surface area contributed by atoms with Gasteiger partial charge in [-0.2, -0.15) is 4.98 Å². The van der Waals surface area contributed by atoms with Gasteiger partial charge < -0.3 is 19.5 Å². The summed E-state index contributed by atoms with van der Waals surface area (Å²) < 4.78 is 11.1. The van der Waals surface area contributed by atoms with Gasteiger partial charge in [-0.15, -0.1) is 0 Å². The number of fused-ring (bicyclic) bond motifs is 1. The number of aromatic nitrogens is 2. The summed E-state index contributed by atoms with van der Waals surface area (Å²) in [5, 5.41) is 6.68. The Labute approximate surface area is 133 Å². The van der Waals surface area contributed by atoms with Crippen molar-refractivity contribution in [1.82, 2.24) is 15.5 Å². The van der Waals surface area contributed by atoms with Gasteiger partial charge in [-0.05, 0) is 25.0 Å². The smallest absolute Gasteiger partial charge is 0.262 e. The van der Waals surface area contributed by atoms with Crippen molar-refractivity contribution in [3.8, 4) is 5.75 Å². The van der Waals surface area contributed by atoms with Crippen LogP contribution < -0.4 is 15.0 Å². The average Bonchev–Trinajstić information content (AvgIpc) is 3.34. The standard InChI is InChI=1S/C16H18N4O3/c1-17-16(21)13-8-20(11-4-2-3-5-12(11)22-13)9-14-18-15(19-23-14)10-6-7-10/h2-5,10,13H,6-9H2,1H3,(H,17,21)/t13-/m0/s1. The molecule has 0 radical (unpaired) electrons. The fourth-order valence-electron chi connectivity index (χ4n) is 2.76. The van der Waals surface area contributed by atoms with Crippen LogP contribution in [0.2, 0.25) is 0 Å². The summed E-state index contributed by atoms with van der Waals surface area (Å²) in [6.45, 7) is 0.908. The molecule has 1 fully saturated rings. The van der Waals surface area contributed by atoms with Crippen molar-refractivity contribution in [1.29, 1.82) is 0 Å². The van der Waals surface area contributed by atoms with Gasteiger partial charge in [-0.1, -0.05) is 17.3 Å². The van der Waals surface area contributed by atoms with Crippen LogP contribution in [-0.2, 0) is 11.3 Å². The third-order valence-electron chi connectivity index (χ3n) is 4.15. The summed E-state index contributed by atoms with van der Waals surface area (Å²) in [4.78, 5) is 18.5. The zero-order chi connectivity index (χ0) is 15.8. The van der Waals surface area contributed by atoms with E-state index in [1.807, 2.05) is 29.2 Å². The van der Waals surface area contributed by atoms with E-state index < -0.39 is 6.10 Å². The number of rotatable bonds is 4. The number of hydrogen-bond donors (Lipinski definition) is 1. The topological polar surface area (TPSA) is 80.5 Å². The summed E-state index contributed by atoms with van der Waals surface area (Å²) in [6.07, 6.45) is 1.72. The van der Waals surface area contributed by atoms with Gasteiger partial charge in [-0.3, -0.25) is 4.79 Å². The largest absolute Gasteiger partial charge is 0.477 e. The van der Waals surface area contributed by atoms with Crippen LogP contribution in [-0.4, -0.2) is 35.7 Å². The van der Waals surface area contributed by atoms with Crippen molar-refractivity contribution in [3.63, 3.8) is 0 Å². The first kappa shape index (κ1) is 14.0. The zero-order valence-electron chi connectivity index (χ0n) is 12.9. The van der Waals surface area contributed by atoms with Crippen molar-refractivity contribution < 1.29 is 14.1 Å². The van der Waals surface area contributed by atoms with Crippen LogP contribution in [0.25, 0.3) is 0 Å². The molecule has 0 bridgehead atoms. The number of likely N-dealkylation sites (N-methyl/N-ethyl adjacent to an activating group) is 1. The fourth-order valence-corrected chi connectivity index (χ4v) is 2.76. The second-order valence-electron chi connectivity index (χ2n) is 5.89. The Morgan fingerprint density at radius 1 is 1.39 bits per heavy atom. The monoisotopic (exact) mass is 314 g/mol. The van der Waals surface area contributed by atoms with Crippen LogP contribution in [0.4, 0.5) is 5.69 Å². The second kappa shape index (κ2) is 5.57. The number of nitrogens with zero attached hydrogens (tertiary/aromatic N) is 3. The van der Waals surface area contributed by atoms with Crippen molar-refractivity contribution >= 4 is 11.6 Å². The van der Waals surface area contributed by atoms with Crippen molar-refractivity contribution in [2.75, 3.05) is 18.5 Å². The molecule has 2 aromatic rings. The van der Waals surface area contributed by atoms with Gasteiger partial charge in [-0.25, -0.2) is 0 Å². The summed E-state index contributed by atoms with van der Waals surface area (Å²) in [6, 6.07) is 7.66. The molecule has 1 aromatic carbocycles. The summed E-state index contributed by atoms with van der Waals surface area (Å²) >= 11 is 0. The van der Waals surface area contributed by atoms with Crippen LogP contribution in [0.1, 0.15) is 30.5 Å². The maximum Gasteiger partial charge on any atom is 0.262 e. The molecule has 7 nitrogen and oxygen atoms in total. The van der Waals surface area contributed by atoms with Crippen molar-refractivity contribution in [3.05, 3.63) is 36.0 Å². The molecular formula is C16H18N4O3. The third kappa shape index (κ3) is 2.74. The van der Waals surface area contributed by atoms with Gasteiger partial charge in [0.2, 0.25) is 5.89 Å². The SMILES string of the molecule is CNC(=O)[C@@H]1CN(Cc2nc(C3CC3)no2)c2ccccc2O1. The quantitative estimate of drug-likeness (QED) is 0.920. The molecule has 4 rings (SSSR count). The van der Waals surface area contributed by atoms with Gasteiger partial charge in [0.15, 0.2) is 11.9 Å². The minimum absolute atomic E-state index is 0.145. The molecule has 23 heavy (non-hydrogen) atoms. The molecule has 1 atom stereocenters. The summed E-state index contributed by atoms with van der Waals surface area (Å²) in [7, 11) is 1.61. The second-order valence-corrected chi connectivity index (χ2v) is 5.89. The lowest BCUT2D eigenvalue weighted by Gasteiger charge is -2.34. The lowest BCUT2D eigenvalue weighted by Crippen LogP contribution is -2.48. The number of para-hydroxylation sites is 2. The molecule has 1 amide bonds. The molecule has 0 spiro atoms. The van der Waals surface area contributed by atoms with E-state index >= 15 is 0 Å². The molecular weight excluding hydrogens is 296 g/mol. The lowest BCUT2D eigenvalue weighted by molar-refractivity contribution is -0.127. The maximum atomic E-state index is 12.0. The molecule has 1 N–H and O–H groups in total. The normalized spacial score (nSPS) is 19.9. The third-order valence-corrected chi connectivity index (χ3v) is 4.15. The first-order valence-corrected chi connectivity index (χ1v) is 7.79. The minimum atomic E-state index is -0.555. The van der Waals surface area contributed by atoms with Gasteiger partial charge in [0.05, 0.1) is 18.8 Å². The lowest BCUT2D eigenvalue weighted by atomic mass is 10.1. The number of carbonyl (C=O) groups excluding carboxylic acids is 1. The number of nitrogens with one attached hydrogen (secondary N) is 1. The van der Waals surface area contributed by atoms with E-state index in [1.165, 1.54) is 0 Å². The number of ether oxygens (including phenoxy) is 1. The van der Waals surface area contributed by atoms with E-state index in [2.05, 4.69) is 15.5 Å². The molecule has 1 saturated carbocycles. The molecule has 120 valence electrons. The Kier molecular flexibility index (Phi) is 3.40. The molecule has 7 heteroatoms. The Balaban J connectivity index is 1.58. The molecule has 2 heterocycles. The van der Waals surface area contributed by atoms with Gasteiger partial charge >= 0.3 is 0 Å². The van der Waals surface area contributed by atoms with E-state index in [9.17, 15) is 4.79 Å². The highest BCUT2D eigenvalue weighted by atomic mass is 16.5. The Morgan fingerprint density at radius 3 is 3.00 bits per heavy atom. The number of hydrogen-bond acceptors (Lipinski definition) is 6. The van der Waals surface area contributed by atoms with Crippen LogP contribution >= 0.6 is 0 Å². The van der Waals surface area contributed by atoms with Gasteiger partial charge in [0.25, 0.3) is 5.91 Å². The zero-order valence-corrected chi connectivity index (χ0v) is 12.9. The van der Waals surface area contributed by atoms with E-state index in [0.29, 0.717) is 30.6 Å². The van der Waals surface area contributed by atoms with E-state index in [4.69, 9.17) is 9.26 Å². The molecule has 1 aliphatic carbocycles. The maximum absolute atomic E-state index is 12.0. The summed E-state index contributed by atoms with van der Waals surface area (Å²) in [5.41, 5.74) is 0.929. The predicted octanol–water partition coefficient (Wildman–Crippen LogP) is 1.46. The van der Waals surface area contributed by atoms with E-state index in [1.54, 1.807) is 7.05 Å². The van der Waals surface area contributed by atoms with Gasteiger partial charge in [0, 0.05) is 13.0 Å². The number of benzene rings is 1. The fraction of sp³-hybridized carbons (Fsp3) is 0.438. The number of carbonyl (C=O) groups is 1. The Hall–Kier alpha value is -2.57. The Morgan fingerprint density at radius 2 is 2.22 bits per heavy atom. The molecule has 0 saturated heterocycles. The van der Waals surface area contributed by atoms with Gasteiger partial charge in [0.1, 0.15) is 5.75 Å². The highest BCUT2D eigenvalue weighted by Gasteiger charge is 2.32. The van der Waals surface area contributed by atoms with Crippen LogP contribution in [0.3, 0.4) is 0 Å². The number of amides is 1. The number of anilines is 1. The molecule has 1 aliphatic heterocycles. The first-order chi connectivity index (χ1) is 11.2. The average molecular weight is 314 g/mol.